The minimum atomic E-state index is -0.620. The van der Waals surface area contributed by atoms with Crippen molar-refractivity contribution in [1.82, 2.24) is 0 Å². The van der Waals surface area contributed by atoms with Gasteiger partial charge < -0.3 is 4.90 Å². The highest BCUT2D eigenvalue weighted by Crippen LogP contribution is 2.30. The molecule has 2 aromatic rings. The third-order valence-corrected chi connectivity index (χ3v) is 3.18. The molecule has 0 N–H and O–H groups in total. The SMILES string of the molecule is Cc1ccc(N(C)c2cc(F)cc([N+](=O)[O-])c2)c(C)c1. The number of hydrogen-bond donors (Lipinski definition) is 0. The van der Waals surface area contributed by atoms with Crippen molar-refractivity contribution in [3.8, 4) is 0 Å². The number of nitro benzene ring substituents is 1. The first kappa shape index (κ1) is 14.0. The number of non-ortho nitro benzene ring substituents is 1. The average molecular weight is 274 g/mol. The standard InChI is InChI=1S/C15H15FN2O2/c1-10-4-5-15(11(2)6-10)17(3)13-7-12(16)8-14(9-13)18(19)20/h4-9H,1-3H3. The summed E-state index contributed by atoms with van der Waals surface area (Å²) in [5, 5.41) is 10.8. The summed E-state index contributed by atoms with van der Waals surface area (Å²) >= 11 is 0. The van der Waals surface area contributed by atoms with Gasteiger partial charge >= 0.3 is 0 Å². The van der Waals surface area contributed by atoms with Gasteiger partial charge in [-0.25, -0.2) is 4.39 Å². The topological polar surface area (TPSA) is 46.4 Å². The Morgan fingerprint density at radius 1 is 1.15 bits per heavy atom. The van der Waals surface area contributed by atoms with Crippen molar-refractivity contribution >= 4 is 17.1 Å². The van der Waals surface area contributed by atoms with E-state index in [0.29, 0.717) is 5.69 Å². The van der Waals surface area contributed by atoms with E-state index in [4.69, 9.17) is 0 Å². The maximum atomic E-state index is 13.5. The molecule has 0 fully saturated rings. The zero-order chi connectivity index (χ0) is 14.9. The van der Waals surface area contributed by atoms with E-state index < -0.39 is 10.7 Å². The maximum Gasteiger partial charge on any atom is 0.274 e. The molecule has 0 atom stereocenters. The minimum Gasteiger partial charge on any atom is -0.344 e. The van der Waals surface area contributed by atoms with Crippen LogP contribution < -0.4 is 4.90 Å². The quantitative estimate of drug-likeness (QED) is 0.624. The normalized spacial score (nSPS) is 10.4. The van der Waals surface area contributed by atoms with Gasteiger partial charge in [0.15, 0.2) is 0 Å². The van der Waals surface area contributed by atoms with Gasteiger partial charge in [0.1, 0.15) is 5.82 Å². The fraction of sp³-hybridized carbons (Fsp3) is 0.200. The van der Waals surface area contributed by atoms with Gasteiger partial charge in [0.2, 0.25) is 0 Å². The molecule has 4 nitrogen and oxygen atoms in total. The Labute approximate surface area is 116 Å². The molecule has 0 radical (unpaired) electrons. The number of halogens is 1. The van der Waals surface area contributed by atoms with Gasteiger partial charge in [-0.15, -0.1) is 0 Å². The van der Waals surface area contributed by atoms with Crippen LogP contribution in [-0.2, 0) is 0 Å². The second-order valence-electron chi connectivity index (χ2n) is 4.77. The lowest BCUT2D eigenvalue weighted by Crippen LogP contribution is -2.11. The van der Waals surface area contributed by atoms with Gasteiger partial charge in [-0.05, 0) is 31.5 Å². The summed E-state index contributed by atoms with van der Waals surface area (Å²) < 4.78 is 13.5. The molecule has 0 spiro atoms. The zero-order valence-electron chi connectivity index (χ0n) is 11.6. The van der Waals surface area contributed by atoms with E-state index in [0.717, 1.165) is 22.9 Å². The highest BCUT2D eigenvalue weighted by atomic mass is 19.1. The Hall–Kier alpha value is -2.43. The van der Waals surface area contributed by atoms with Gasteiger partial charge in [-0.3, -0.25) is 10.1 Å². The Balaban J connectivity index is 2.47. The molecule has 0 amide bonds. The molecule has 0 aliphatic heterocycles. The average Bonchev–Trinajstić information content (AvgIpc) is 2.37. The first-order valence-corrected chi connectivity index (χ1v) is 6.14. The zero-order valence-corrected chi connectivity index (χ0v) is 11.6. The van der Waals surface area contributed by atoms with Crippen LogP contribution in [0.4, 0.5) is 21.5 Å². The van der Waals surface area contributed by atoms with Crippen LogP contribution in [0.1, 0.15) is 11.1 Å². The molecule has 5 heteroatoms. The summed E-state index contributed by atoms with van der Waals surface area (Å²) in [6.45, 7) is 3.94. The van der Waals surface area contributed by atoms with Crippen LogP contribution in [0.2, 0.25) is 0 Å². The van der Waals surface area contributed by atoms with E-state index in [-0.39, 0.29) is 5.69 Å². The van der Waals surface area contributed by atoms with E-state index in [9.17, 15) is 14.5 Å². The monoisotopic (exact) mass is 274 g/mol. The molecule has 0 aromatic heterocycles. The predicted molar refractivity (Wildman–Crippen MR) is 77.0 cm³/mol. The maximum absolute atomic E-state index is 13.5. The first-order chi connectivity index (χ1) is 9.38. The summed E-state index contributed by atoms with van der Waals surface area (Å²) in [6.07, 6.45) is 0. The minimum absolute atomic E-state index is 0.253. The number of nitrogens with zero attached hydrogens (tertiary/aromatic N) is 2. The Morgan fingerprint density at radius 3 is 2.45 bits per heavy atom. The number of anilines is 2. The molecule has 0 saturated carbocycles. The van der Waals surface area contributed by atoms with Crippen molar-refractivity contribution in [1.29, 1.82) is 0 Å². The molecular weight excluding hydrogens is 259 g/mol. The number of nitro groups is 1. The third-order valence-electron chi connectivity index (χ3n) is 3.18. The highest BCUT2D eigenvalue weighted by Gasteiger charge is 2.14. The largest absolute Gasteiger partial charge is 0.344 e. The van der Waals surface area contributed by atoms with E-state index in [1.54, 1.807) is 11.9 Å². The van der Waals surface area contributed by atoms with Gasteiger partial charge in [-0.1, -0.05) is 17.7 Å². The van der Waals surface area contributed by atoms with Crippen LogP contribution in [0.5, 0.6) is 0 Å². The van der Waals surface area contributed by atoms with Crippen LogP contribution in [-0.4, -0.2) is 12.0 Å². The molecule has 0 unspecified atom stereocenters. The third kappa shape index (κ3) is 2.77. The van der Waals surface area contributed by atoms with E-state index in [1.165, 1.54) is 12.1 Å². The number of aryl methyl sites for hydroxylation is 2. The number of benzene rings is 2. The fourth-order valence-corrected chi connectivity index (χ4v) is 2.18. The van der Waals surface area contributed by atoms with Crippen molar-refractivity contribution in [3.05, 3.63) is 63.5 Å². The summed E-state index contributed by atoms with van der Waals surface area (Å²) in [5.74, 6) is -0.620. The van der Waals surface area contributed by atoms with E-state index >= 15 is 0 Å². The number of rotatable bonds is 3. The lowest BCUT2D eigenvalue weighted by atomic mass is 10.1. The van der Waals surface area contributed by atoms with Crippen molar-refractivity contribution in [2.24, 2.45) is 0 Å². The molecule has 0 heterocycles. The van der Waals surface area contributed by atoms with Crippen molar-refractivity contribution < 1.29 is 9.31 Å². The molecule has 0 aliphatic carbocycles. The molecule has 20 heavy (non-hydrogen) atoms. The Bertz CT molecular complexity index is 671. The van der Waals surface area contributed by atoms with Gasteiger partial charge in [0.05, 0.1) is 16.7 Å². The molecule has 0 bridgehead atoms. The smallest absolute Gasteiger partial charge is 0.274 e. The summed E-state index contributed by atoms with van der Waals surface area (Å²) in [6, 6.07) is 9.45. The lowest BCUT2D eigenvalue weighted by molar-refractivity contribution is -0.385. The van der Waals surface area contributed by atoms with Gasteiger partial charge in [0.25, 0.3) is 5.69 Å². The van der Waals surface area contributed by atoms with E-state index in [2.05, 4.69) is 0 Å². The lowest BCUT2D eigenvalue weighted by Gasteiger charge is -2.21. The summed E-state index contributed by atoms with van der Waals surface area (Å²) in [4.78, 5) is 11.9. The van der Waals surface area contributed by atoms with Crippen LogP contribution in [0, 0.1) is 29.8 Å². The number of hydrogen-bond acceptors (Lipinski definition) is 3. The van der Waals surface area contributed by atoms with Crippen LogP contribution in [0.25, 0.3) is 0 Å². The first-order valence-electron chi connectivity index (χ1n) is 6.14. The summed E-state index contributed by atoms with van der Waals surface area (Å²) in [5.41, 5.74) is 3.24. The van der Waals surface area contributed by atoms with Crippen molar-refractivity contribution in [2.45, 2.75) is 13.8 Å². The van der Waals surface area contributed by atoms with Crippen LogP contribution >= 0.6 is 0 Å². The molecule has 104 valence electrons. The molecule has 2 rings (SSSR count). The predicted octanol–water partition coefficient (Wildman–Crippen LogP) is 4.12. The van der Waals surface area contributed by atoms with Crippen molar-refractivity contribution in [3.63, 3.8) is 0 Å². The molecule has 0 saturated heterocycles. The molecule has 2 aromatic carbocycles. The summed E-state index contributed by atoms with van der Waals surface area (Å²) in [7, 11) is 1.76. The molecule has 0 aliphatic rings. The van der Waals surface area contributed by atoms with Gasteiger partial charge in [-0.2, -0.15) is 0 Å². The van der Waals surface area contributed by atoms with E-state index in [1.807, 2.05) is 32.0 Å². The fourth-order valence-electron chi connectivity index (χ4n) is 2.18. The van der Waals surface area contributed by atoms with Crippen LogP contribution in [0.3, 0.4) is 0 Å². The van der Waals surface area contributed by atoms with Gasteiger partial charge in [0, 0.05) is 18.8 Å². The van der Waals surface area contributed by atoms with Crippen molar-refractivity contribution in [2.75, 3.05) is 11.9 Å². The van der Waals surface area contributed by atoms with Crippen LogP contribution in [0.15, 0.2) is 36.4 Å². The Morgan fingerprint density at radius 2 is 1.85 bits per heavy atom. The second kappa shape index (κ2) is 5.28. The molecular formula is C15H15FN2O2. The highest BCUT2D eigenvalue weighted by molar-refractivity contribution is 5.67. The Kier molecular flexibility index (Phi) is 3.70. The second-order valence-corrected chi connectivity index (χ2v) is 4.77.